The van der Waals surface area contributed by atoms with E-state index in [1.165, 1.54) is 25.7 Å². The van der Waals surface area contributed by atoms with Crippen molar-refractivity contribution in [3.05, 3.63) is 0 Å². The SMILES string of the molecule is CCCCCC.O=C(O)CCO. The molecule has 0 bridgehead atoms. The predicted octanol–water partition coefficient (Wildman–Crippen LogP) is 2.04. The highest BCUT2D eigenvalue weighted by atomic mass is 16.4. The molecule has 0 aromatic rings. The molecule has 0 radical (unpaired) electrons. The molecule has 0 aromatic heterocycles. The first-order chi connectivity index (χ1) is 5.68. The van der Waals surface area contributed by atoms with Gasteiger partial charge in [0, 0.05) is 0 Å². The molecular formula is C9H20O3. The smallest absolute Gasteiger partial charge is 0.305 e. The third-order valence-corrected chi connectivity index (χ3v) is 1.28. The summed E-state index contributed by atoms with van der Waals surface area (Å²) in [6, 6.07) is 0. The molecule has 3 heteroatoms. The van der Waals surface area contributed by atoms with Crippen molar-refractivity contribution in [1.82, 2.24) is 0 Å². The number of carboxylic acid groups (broad SMARTS) is 1. The third-order valence-electron chi connectivity index (χ3n) is 1.28. The van der Waals surface area contributed by atoms with Crippen molar-refractivity contribution in [2.45, 2.75) is 46.0 Å². The predicted molar refractivity (Wildman–Crippen MR) is 49.2 cm³/mol. The van der Waals surface area contributed by atoms with Crippen LogP contribution in [0.3, 0.4) is 0 Å². The monoisotopic (exact) mass is 176 g/mol. The molecule has 0 spiro atoms. The summed E-state index contributed by atoms with van der Waals surface area (Å²) in [5.41, 5.74) is 0. The van der Waals surface area contributed by atoms with Crippen LogP contribution in [0.1, 0.15) is 46.0 Å². The largest absolute Gasteiger partial charge is 0.481 e. The standard InChI is InChI=1S/C6H14.C3H6O3/c1-3-5-6-4-2;4-2-1-3(5)6/h3-6H2,1-2H3;4H,1-2H2,(H,5,6). The van der Waals surface area contributed by atoms with Gasteiger partial charge >= 0.3 is 5.97 Å². The Labute approximate surface area is 74.4 Å². The van der Waals surface area contributed by atoms with Gasteiger partial charge in [-0.15, -0.1) is 0 Å². The summed E-state index contributed by atoms with van der Waals surface area (Å²) in [7, 11) is 0. The second-order valence-corrected chi connectivity index (χ2v) is 2.57. The number of rotatable bonds is 5. The van der Waals surface area contributed by atoms with E-state index < -0.39 is 5.97 Å². The Morgan fingerprint density at radius 3 is 1.67 bits per heavy atom. The Bertz CT molecular complexity index is 87.8. The van der Waals surface area contributed by atoms with E-state index in [-0.39, 0.29) is 13.0 Å². The van der Waals surface area contributed by atoms with E-state index in [0.29, 0.717) is 0 Å². The van der Waals surface area contributed by atoms with Crippen molar-refractivity contribution in [3.8, 4) is 0 Å². The highest BCUT2D eigenvalue weighted by molar-refractivity contribution is 5.66. The van der Waals surface area contributed by atoms with Crippen molar-refractivity contribution in [1.29, 1.82) is 0 Å². The topological polar surface area (TPSA) is 57.5 Å². The first-order valence-corrected chi connectivity index (χ1v) is 4.51. The zero-order chi connectivity index (χ0) is 9.82. The number of hydrogen-bond donors (Lipinski definition) is 2. The quantitative estimate of drug-likeness (QED) is 0.630. The van der Waals surface area contributed by atoms with Gasteiger partial charge < -0.3 is 10.2 Å². The molecule has 0 rings (SSSR count). The maximum Gasteiger partial charge on any atom is 0.305 e. The number of unbranched alkanes of at least 4 members (excludes halogenated alkanes) is 3. The summed E-state index contributed by atoms with van der Waals surface area (Å²) in [5, 5.41) is 15.6. The minimum absolute atomic E-state index is 0.153. The number of hydrogen-bond acceptors (Lipinski definition) is 2. The molecule has 0 heterocycles. The van der Waals surface area contributed by atoms with Crippen LogP contribution in [0.25, 0.3) is 0 Å². The van der Waals surface area contributed by atoms with Gasteiger partial charge in [-0.3, -0.25) is 4.79 Å². The van der Waals surface area contributed by atoms with Crippen LogP contribution in [0.2, 0.25) is 0 Å². The number of carbonyl (C=O) groups is 1. The van der Waals surface area contributed by atoms with Gasteiger partial charge in [0.25, 0.3) is 0 Å². The third kappa shape index (κ3) is 22.7. The molecule has 0 aliphatic heterocycles. The molecule has 12 heavy (non-hydrogen) atoms. The summed E-state index contributed by atoms with van der Waals surface area (Å²) in [5.74, 6) is -0.961. The molecule has 0 atom stereocenters. The van der Waals surface area contributed by atoms with Crippen LogP contribution in [0.5, 0.6) is 0 Å². The van der Waals surface area contributed by atoms with Gasteiger partial charge in [0.15, 0.2) is 0 Å². The normalized spacial score (nSPS) is 8.58. The van der Waals surface area contributed by atoms with Crippen LogP contribution < -0.4 is 0 Å². The molecule has 0 aromatic carbocycles. The van der Waals surface area contributed by atoms with E-state index >= 15 is 0 Å². The van der Waals surface area contributed by atoms with Gasteiger partial charge in [0.05, 0.1) is 13.0 Å². The zero-order valence-electron chi connectivity index (χ0n) is 8.05. The average Bonchev–Trinajstić information content (AvgIpc) is 2.02. The fourth-order valence-corrected chi connectivity index (χ4v) is 0.596. The van der Waals surface area contributed by atoms with Crippen LogP contribution in [-0.4, -0.2) is 22.8 Å². The van der Waals surface area contributed by atoms with Gasteiger partial charge in [-0.1, -0.05) is 39.5 Å². The highest BCUT2D eigenvalue weighted by Crippen LogP contribution is 1.95. The molecule has 74 valence electrons. The van der Waals surface area contributed by atoms with Gasteiger partial charge in [0.1, 0.15) is 0 Å². The number of aliphatic hydroxyl groups excluding tert-OH is 1. The van der Waals surface area contributed by atoms with E-state index in [9.17, 15) is 4.79 Å². The van der Waals surface area contributed by atoms with E-state index in [1.807, 2.05) is 0 Å². The molecule has 0 aliphatic rings. The zero-order valence-corrected chi connectivity index (χ0v) is 8.05. The highest BCUT2D eigenvalue weighted by Gasteiger charge is 1.88. The van der Waals surface area contributed by atoms with Crippen molar-refractivity contribution < 1.29 is 15.0 Å². The summed E-state index contributed by atoms with van der Waals surface area (Å²) in [4.78, 5) is 9.44. The van der Waals surface area contributed by atoms with E-state index in [0.717, 1.165) is 0 Å². The minimum Gasteiger partial charge on any atom is -0.481 e. The number of aliphatic hydroxyl groups is 1. The maximum atomic E-state index is 9.44. The van der Waals surface area contributed by atoms with Crippen molar-refractivity contribution in [3.63, 3.8) is 0 Å². The van der Waals surface area contributed by atoms with E-state index in [4.69, 9.17) is 10.2 Å². The van der Waals surface area contributed by atoms with Crippen LogP contribution in [0, 0.1) is 0 Å². The minimum atomic E-state index is -0.961. The summed E-state index contributed by atoms with van der Waals surface area (Å²) in [6.45, 7) is 4.20. The first kappa shape index (κ1) is 14.0. The summed E-state index contributed by atoms with van der Waals surface area (Å²) < 4.78 is 0. The number of aliphatic carboxylic acids is 1. The molecule has 3 nitrogen and oxygen atoms in total. The Kier molecular flexibility index (Phi) is 15.2. The fraction of sp³-hybridized carbons (Fsp3) is 0.889. The van der Waals surface area contributed by atoms with Crippen molar-refractivity contribution >= 4 is 5.97 Å². The molecule has 2 N–H and O–H groups in total. The lowest BCUT2D eigenvalue weighted by Gasteiger charge is -1.86. The second kappa shape index (κ2) is 13.1. The van der Waals surface area contributed by atoms with Crippen molar-refractivity contribution in [2.75, 3.05) is 6.61 Å². The van der Waals surface area contributed by atoms with Gasteiger partial charge in [0.2, 0.25) is 0 Å². The fourth-order valence-electron chi connectivity index (χ4n) is 0.596. The molecule has 0 fully saturated rings. The Morgan fingerprint density at radius 2 is 1.58 bits per heavy atom. The van der Waals surface area contributed by atoms with Crippen LogP contribution >= 0.6 is 0 Å². The Balaban J connectivity index is 0. The molecular weight excluding hydrogens is 156 g/mol. The average molecular weight is 176 g/mol. The van der Waals surface area contributed by atoms with Crippen LogP contribution in [0.4, 0.5) is 0 Å². The molecule has 0 saturated carbocycles. The number of carboxylic acids is 1. The lowest BCUT2D eigenvalue weighted by atomic mass is 10.2. The summed E-state index contributed by atoms with van der Waals surface area (Å²) in [6.07, 6.45) is 5.38. The summed E-state index contributed by atoms with van der Waals surface area (Å²) >= 11 is 0. The lowest BCUT2D eigenvalue weighted by molar-refractivity contribution is -0.137. The lowest BCUT2D eigenvalue weighted by Crippen LogP contribution is -1.96. The van der Waals surface area contributed by atoms with Gasteiger partial charge in [-0.25, -0.2) is 0 Å². The molecule has 0 amide bonds. The van der Waals surface area contributed by atoms with E-state index in [2.05, 4.69) is 13.8 Å². The molecule has 0 saturated heterocycles. The molecule has 0 aliphatic carbocycles. The second-order valence-electron chi connectivity index (χ2n) is 2.57. The van der Waals surface area contributed by atoms with Crippen LogP contribution in [0.15, 0.2) is 0 Å². The Morgan fingerprint density at radius 1 is 1.17 bits per heavy atom. The first-order valence-electron chi connectivity index (χ1n) is 4.51. The Hall–Kier alpha value is -0.570. The van der Waals surface area contributed by atoms with Gasteiger partial charge in [-0.2, -0.15) is 0 Å². The van der Waals surface area contributed by atoms with Gasteiger partial charge in [-0.05, 0) is 0 Å². The molecule has 0 unspecified atom stereocenters. The maximum absolute atomic E-state index is 9.44. The van der Waals surface area contributed by atoms with Crippen LogP contribution in [-0.2, 0) is 4.79 Å². The van der Waals surface area contributed by atoms with Crippen molar-refractivity contribution in [2.24, 2.45) is 0 Å². The van der Waals surface area contributed by atoms with E-state index in [1.54, 1.807) is 0 Å².